The zero-order valence-corrected chi connectivity index (χ0v) is 11.8. The van der Waals surface area contributed by atoms with Crippen molar-refractivity contribution < 1.29 is 14.7 Å². The molecular formula is C16H21NO3. The Bertz CT molecular complexity index is 480. The van der Waals surface area contributed by atoms with E-state index in [1.165, 1.54) is 4.90 Å². The van der Waals surface area contributed by atoms with Gasteiger partial charge in [0.1, 0.15) is 6.54 Å². The van der Waals surface area contributed by atoms with Crippen molar-refractivity contribution in [1.82, 2.24) is 4.90 Å². The maximum absolute atomic E-state index is 12.8. The summed E-state index contributed by atoms with van der Waals surface area (Å²) in [6.07, 6.45) is 3.42. The normalized spacial score (nSPS) is 16.2. The second-order valence-corrected chi connectivity index (χ2v) is 5.42. The molecule has 1 amide bonds. The molecule has 0 bridgehead atoms. The van der Waals surface area contributed by atoms with E-state index in [1.807, 2.05) is 37.3 Å². The zero-order chi connectivity index (χ0) is 14.6. The molecule has 4 nitrogen and oxygen atoms in total. The van der Waals surface area contributed by atoms with Gasteiger partial charge in [-0.3, -0.25) is 9.59 Å². The van der Waals surface area contributed by atoms with Gasteiger partial charge in [0.05, 0.1) is 5.41 Å². The predicted molar refractivity (Wildman–Crippen MR) is 76.5 cm³/mol. The fourth-order valence-electron chi connectivity index (χ4n) is 2.90. The van der Waals surface area contributed by atoms with Gasteiger partial charge in [-0.05, 0) is 24.8 Å². The molecule has 0 unspecified atom stereocenters. The Kier molecular flexibility index (Phi) is 4.42. The minimum Gasteiger partial charge on any atom is -0.480 e. The van der Waals surface area contributed by atoms with E-state index in [0.717, 1.165) is 31.2 Å². The molecule has 1 aromatic carbocycles. The Morgan fingerprint density at radius 1 is 1.25 bits per heavy atom. The monoisotopic (exact) mass is 275 g/mol. The quantitative estimate of drug-likeness (QED) is 0.867. The lowest BCUT2D eigenvalue weighted by Crippen LogP contribution is -2.52. The number of carbonyl (C=O) groups is 2. The van der Waals surface area contributed by atoms with Gasteiger partial charge in [0.25, 0.3) is 0 Å². The third-order valence-electron chi connectivity index (χ3n) is 4.05. The van der Waals surface area contributed by atoms with Crippen LogP contribution < -0.4 is 0 Å². The van der Waals surface area contributed by atoms with E-state index >= 15 is 0 Å². The summed E-state index contributed by atoms with van der Waals surface area (Å²) in [5.41, 5.74) is 0.522. The summed E-state index contributed by atoms with van der Waals surface area (Å²) >= 11 is 0. The van der Waals surface area contributed by atoms with E-state index in [4.69, 9.17) is 5.11 Å². The van der Waals surface area contributed by atoms with Crippen LogP contribution in [0.3, 0.4) is 0 Å². The van der Waals surface area contributed by atoms with E-state index in [2.05, 4.69) is 0 Å². The van der Waals surface area contributed by atoms with Gasteiger partial charge < -0.3 is 10.0 Å². The number of amides is 1. The molecule has 0 saturated heterocycles. The van der Waals surface area contributed by atoms with Crippen molar-refractivity contribution in [3.8, 4) is 0 Å². The van der Waals surface area contributed by atoms with Crippen molar-refractivity contribution in [2.24, 2.45) is 0 Å². The van der Waals surface area contributed by atoms with E-state index in [0.29, 0.717) is 6.54 Å². The highest BCUT2D eigenvalue weighted by atomic mass is 16.4. The molecule has 1 fully saturated rings. The summed E-state index contributed by atoms with van der Waals surface area (Å²) in [4.78, 5) is 25.3. The number of rotatable bonds is 6. The van der Waals surface area contributed by atoms with Gasteiger partial charge in [0.2, 0.25) is 5.91 Å². The first-order valence-electron chi connectivity index (χ1n) is 7.17. The number of carboxylic acids is 1. The highest BCUT2D eigenvalue weighted by molar-refractivity contribution is 5.91. The Hall–Kier alpha value is -1.84. The van der Waals surface area contributed by atoms with Crippen molar-refractivity contribution in [1.29, 1.82) is 0 Å². The number of carboxylic acid groups (broad SMARTS) is 1. The molecule has 0 aromatic heterocycles. The summed E-state index contributed by atoms with van der Waals surface area (Å²) < 4.78 is 0. The fraction of sp³-hybridized carbons (Fsp3) is 0.500. The fourth-order valence-corrected chi connectivity index (χ4v) is 2.90. The lowest BCUT2D eigenvalue weighted by atomic mass is 9.63. The van der Waals surface area contributed by atoms with E-state index in [1.54, 1.807) is 0 Å². The van der Waals surface area contributed by atoms with Gasteiger partial charge >= 0.3 is 5.97 Å². The Labute approximate surface area is 119 Å². The molecule has 1 aromatic rings. The number of aliphatic carboxylic acids is 1. The van der Waals surface area contributed by atoms with Crippen LogP contribution >= 0.6 is 0 Å². The first-order valence-corrected chi connectivity index (χ1v) is 7.17. The van der Waals surface area contributed by atoms with E-state index in [9.17, 15) is 9.59 Å². The van der Waals surface area contributed by atoms with Gasteiger partial charge in [0.15, 0.2) is 0 Å². The van der Waals surface area contributed by atoms with Crippen molar-refractivity contribution >= 4 is 11.9 Å². The maximum Gasteiger partial charge on any atom is 0.323 e. The number of carbonyl (C=O) groups excluding carboxylic acids is 1. The Morgan fingerprint density at radius 3 is 2.35 bits per heavy atom. The first kappa shape index (κ1) is 14.6. The second-order valence-electron chi connectivity index (χ2n) is 5.42. The molecule has 108 valence electrons. The Morgan fingerprint density at radius 2 is 1.90 bits per heavy atom. The minimum atomic E-state index is -0.950. The molecule has 20 heavy (non-hydrogen) atoms. The Balaban J connectivity index is 2.25. The van der Waals surface area contributed by atoms with Gasteiger partial charge in [-0.15, -0.1) is 0 Å². The summed E-state index contributed by atoms with van der Waals surface area (Å²) in [5, 5.41) is 8.99. The molecule has 1 saturated carbocycles. The molecule has 4 heteroatoms. The number of hydrogen-bond acceptors (Lipinski definition) is 2. The number of benzene rings is 1. The average Bonchev–Trinajstić information content (AvgIpc) is 2.37. The number of hydrogen-bond donors (Lipinski definition) is 1. The molecule has 0 spiro atoms. The van der Waals surface area contributed by atoms with E-state index in [-0.39, 0.29) is 12.5 Å². The smallest absolute Gasteiger partial charge is 0.323 e. The highest BCUT2D eigenvalue weighted by Gasteiger charge is 2.47. The maximum atomic E-state index is 12.8. The molecular weight excluding hydrogens is 254 g/mol. The van der Waals surface area contributed by atoms with Gasteiger partial charge in [-0.1, -0.05) is 43.7 Å². The van der Waals surface area contributed by atoms with Crippen LogP contribution in [0.15, 0.2) is 30.3 Å². The highest BCUT2D eigenvalue weighted by Crippen LogP contribution is 2.45. The van der Waals surface area contributed by atoms with Crippen molar-refractivity contribution in [3.63, 3.8) is 0 Å². The molecule has 1 N–H and O–H groups in total. The average molecular weight is 275 g/mol. The van der Waals surface area contributed by atoms with Crippen molar-refractivity contribution in [2.45, 2.75) is 38.0 Å². The minimum absolute atomic E-state index is 0.0285. The largest absolute Gasteiger partial charge is 0.480 e. The molecule has 0 radical (unpaired) electrons. The van der Waals surface area contributed by atoms with E-state index < -0.39 is 11.4 Å². The third kappa shape index (κ3) is 2.69. The van der Waals surface area contributed by atoms with Crippen LogP contribution in [0.2, 0.25) is 0 Å². The van der Waals surface area contributed by atoms with Crippen molar-refractivity contribution in [2.75, 3.05) is 13.1 Å². The van der Waals surface area contributed by atoms with Gasteiger partial charge in [0, 0.05) is 6.54 Å². The molecule has 2 rings (SSSR count). The van der Waals surface area contributed by atoms with Crippen LogP contribution in [0.1, 0.15) is 38.2 Å². The van der Waals surface area contributed by atoms with Crippen LogP contribution in [0, 0.1) is 0 Å². The molecule has 1 aliphatic rings. The summed E-state index contributed by atoms with van der Waals surface area (Å²) in [5.74, 6) is -0.978. The standard InChI is InChI=1S/C16H21NO3/c1-2-11-17(12-14(18)19)15(20)16(9-6-10-16)13-7-4-3-5-8-13/h3-5,7-8H,2,6,9-12H2,1H3,(H,18,19). The zero-order valence-electron chi connectivity index (χ0n) is 11.8. The van der Waals surface area contributed by atoms with Crippen LogP contribution in [-0.2, 0) is 15.0 Å². The number of nitrogens with zero attached hydrogens (tertiary/aromatic N) is 1. The molecule has 0 aliphatic heterocycles. The summed E-state index contributed by atoms with van der Waals surface area (Å²) in [6, 6.07) is 9.75. The van der Waals surface area contributed by atoms with Crippen LogP contribution in [0.5, 0.6) is 0 Å². The molecule has 0 atom stereocenters. The molecule has 0 heterocycles. The third-order valence-corrected chi connectivity index (χ3v) is 4.05. The lowest BCUT2D eigenvalue weighted by Gasteiger charge is -2.43. The van der Waals surface area contributed by atoms with Crippen molar-refractivity contribution in [3.05, 3.63) is 35.9 Å². The SMILES string of the molecule is CCCN(CC(=O)O)C(=O)C1(c2ccccc2)CCC1. The van der Waals surface area contributed by atoms with Crippen LogP contribution in [-0.4, -0.2) is 35.0 Å². The second kappa shape index (κ2) is 6.07. The summed E-state index contributed by atoms with van der Waals surface area (Å²) in [7, 11) is 0. The summed E-state index contributed by atoms with van der Waals surface area (Å²) in [6.45, 7) is 2.25. The topological polar surface area (TPSA) is 57.6 Å². The van der Waals surface area contributed by atoms with Crippen LogP contribution in [0.4, 0.5) is 0 Å². The lowest BCUT2D eigenvalue weighted by molar-refractivity contribution is -0.149. The first-order chi connectivity index (χ1) is 9.60. The van der Waals surface area contributed by atoms with Gasteiger partial charge in [-0.25, -0.2) is 0 Å². The van der Waals surface area contributed by atoms with Crippen LogP contribution in [0.25, 0.3) is 0 Å². The predicted octanol–water partition coefficient (Wildman–Crippen LogP) is 2.43. The van der Waals surface area contributed by atoms with Gasteiger partial charge in [-0.2, -0.15) is 0 Å². The molecule has 1 aliphatic carbocycles.